The molecule has 4 heteroatoms. The molecule has 0 bridgehead atoms. The van der Waals surface area contributed by atoms with Crippen molar-refractivity contribution in [3.05, 3.63) is 71.8 Å². The maximum atomic E-state index is 12.6. The first-order valence-corrected chi connectivity index (χ1v) is 8.62. The largest absolute Gasteiger partial charge is 0.494 e. The van der Waals surface area contributed by atoms with Crippen molar-refractivity contribution in [1.82, 2.24) is 0 Å². The molecule has 4 nitrogen and oxygen atoms in total. The number of para-hydroxylation sites is 1. The number of aryl methyl sites for hydroxylation is 1. The average Bonchev–Trinajstić information content (AvgIpc) is 3.01. The highest BCUT2D eigenvalue weighted by atomic mass is 16.5. The van der Waals surface area contributed by atoms with Gasteiger partial charge in [-0.1, -0.05) is 18.2 Å². The number of carbonyl (C=O) groups excluding carboxylic acids is 1. The number of anilines is 1. The second-order valence-corrected chi connectivity index (χ2v) is 6.18. The van der Waals surface area contributed by atoms with Crippen LogP contribution in [0.15, 0.2) is 65.1 Å². The highest BCUT2D eigenvalue weighted by Gasteiger charge is 2.11. The number of hydrogen-bond donors (Lipinski definition) is 1. The van der Waals surface area contributed by atoms with Crippen LogP contribution in [0.1, 0.15) is 22.8 Å². The molecule has 0 spiro atoms. The molecule has 1 aromatic heterocycles. The van der Waals surface area contributed by atoms with Crippen molar-refractivity contribution in [3.63, 3.8) is 0 Å². The van der Waals surface area contributed by atoms with Gasteiger partial charge >= 0.3 is 0 Å². The van der Waals surface area contributed by atoms with E-state index in [0.29, 0.717) is 17.9 Å². The van der Waals surface area contributed by atoms with Crippen molar-refractivity contribution in [1.29, 1.82) is 0 Å². The number of hydrogen-bond acceptors (Lipinski definition) is 3. The number of furan rings is 1. The maximum Gasteiger partial charge on any atom is 0.255 e. The minimum atomic E-state index is -0.161. The van der Waals surface area contributed by atoms with E-state index in [1.807, 2.05) is 68.4 Å². The van der Waals surface area contributed by atoms with E-state index in [2.05, 4.69) is 5.32 Å². The molecule has 0 atom stereocenters. The van der Waals surface area contributed by atoms with Crippen LogP contribution in [0, 0.1) is 6.92 Å². The minimum absolute atomic E-state index is 0.161. The van der Waals surface area contributed by atoms with E-state index in [1.54, 1.807) is 6.07 Å². The third-order valence-electron chi connectivity index (χ3n) is 4.37. The van der Waals surface area contributed by atoms with E-state index in [4.69, 9.17) is 9.15 Å². The fraction of sp³-hybridized carbons (Fsp3) is 0.136. The van der Waals surface area contributed by atoms with Gasteiger partial charge in [0.25, 0.3) is 5.91 Å². The molecule has 0 radical (unpaired) electrons. The number of amides is 1. The summed E-state index contributed by atoms with van der Waals surface area (Å²) in [7, 11) is 0. The van der Waals surface area contributed by atoms with Crippen molar-refractivity contribution in [2.75, 3.05) is 11.9 Å². The summed E-state index contributed by atoms with van der Waals surface area (Å²) in [4.78, 5) is 12.6. The Hall–Kier alpha value is -3.27. The molecule has 130 valence electrons. The van der Waals surface area contributed by atoms with Gasteiger partial charge in [-0.15, -0.1) is 0 Å². The second kappa shape index (κ2) is 6.56. The molecule has 0 aliphatic carbocycles. The summed E-state index contributed by atoms with van der Waals surface area (Å²) in [6.45, 7) is 4.47. The number of nitrogens with one attached hydrogen (secondary N) is 1. The van der Waals surface area contributed by atoms with Crippen LogP contribution in [0.3, 0.4) is 0 Å². The molecule has 0 saturated heterocycles. The van der Waals surface area contributed by atoms with Gasteiger partial charge in [0.05, 0.1) is 6.61 Å². The molecule has 0 unspecified atom stereocenters. The number of benzene rings is 3. The number of carbonyl (C=O) groups is 1. The fourth-order valence-electron chi connectivity index (χ4n) is 3.12. The van der Waals surface area contributed by atoms with Crippen LogP contribution in [0.4, 0.5) is 5.69 Å². The van der Waals surface area contributed by atoms with E-state index < -0.39 is 0 Å². The molecule has 0 fully saturated rings. The molecule has 4 aromatic rings. The third-order valence-corrected chi connectivity index (χ3v) is 4.37. The van der Waals surface area contributed by atoms with E-state index in [0.717, 1.165) is 33.3 Å². The summed E-state index contributed by atoms with van der Waals surface area (Å²) >= 11 is 0. The van der Waals surface area contributed by atoms with Gasteiger partial charge < -0.3 is 14.5 Å². The van der Waals surface area contributed by atoms with Crippen molar-refractivity contribution < 1.29 is 13.9 Å². The van der Waals surface area contributed by atoms with Crippen LogP contribution >= 0.6 is 0 Å². The molecule has 0 saturated carbocycles. The summed E-state index contributed by atoms with van der Waals surface area (Å²) in [5.41, 5.74) is 3.83. The van der Waals surface area contributed by atoms with Crippen molar-refractivity contribution in [3.8, 4) is 5.75 Å². The number of fused-ring (bicyclic) bond motifs is 3. The van der Waals surface area contributed by atoms with Crippen molar-refractivity contribution in [2.45, 2.75) is 13.8 Å². The van der Waals surface area contributed by atoms with Crippen LogP contribution in [0.2, 0.25) is 0 Å². The number of rotatable bonds is 4. The Morgan fingerprint density at radius 2 is 1.81 bits per heavy atom. The van der Waals surface area contributed by atoms with E-state index >= 15 is 0 Å². The summed E-state index contributed by atoms with van der Waals surface area (Å²) in [5.74, 6) is 0.638. The van der Waals surface area contributed by atoms with Gasteiger partial charge in [0.1, 0.15) is 16.9 Å². The molecule has 3 aromatic carbocycles. The van der Waals surface area contributed by atoms with Crippen molar-refractivity contribution >= 4 is 33.5 Å². The van der Waals surface area contributed by atoms with Gasteiger partial charge in [0, 0.05) is 28.1 Å². The molecule has 1 amide bonds. The Kier molecular flexibility index (Phi) is 4.09. The van der Waals surface area contributed by atoms with Crippen LogP contribution < -0.4 is 10.1 Å². The van der Waals surface area contributed by atoms with Crippen LogP contribution in [-0.4, -0.2) is 12.5 Å². The average molecular weight is 345 g/mol. The maximum absolute atomic E-state index is 12.6. The Labute approximate surface area is 151 Å². The lowest BCUT2D eigenvalue weighted by Crippen LogP contribution is -2.12. The molecule has 1 heterocycles. The van der Waals surface area contributed by atoms with Gasteiger partial charge in [0.2, 0.25) is 0 Å². The first kappa shape index (κ1) is 16.2. The predicted octanol–water partition coefficient (Wildman–Crippen LogP) is 5.55. The van der Waals surface area contributed by atoms with Gasteiger partial charge in [-0.3, -0.25) is 4.79 Å². The minimum Gasteiger partial charge on any atom is -0.494 e. The standard InChI is InChI=1S/C22H19NO3/c1-3-25-19-11-8-15(12-14(19)2)22(24)23-16-9-10-18-17-6-4-5-7-20(17)26-21(18)13-16/h4-13H,3H2,1-2H3,(H,23,24). The van der Waals surface area contributed by atoms with Crippen LogP contribution in [0.5, 0.6) is 5.75 Å². The van der Waals surface area contributed by atoms with Gasteiger partial charge in [-0.25, -0.2) is 0 Å². The summed E-state index contributed by atoms with van der Waals surface area (Å²) in [6, 6.07) is 19.1. The van der Waals surface area contributed by atoms with E-state index in [9.17, 15) is 4.79 Å². The lowest BCUT2D eigenvalue weighted by Gasteiger charge is -2.09. The normalized spacial score (nSPS) is 11.0. The number of ether oxygens (including phenoxy) is 1. The highest BCUT2D eigenvalue weighted by molar-refractivity contribution is 6.08. The molecule has 1 N–H and O–H groups in total. The Morgan fingerprint density at radius 3 is 2.62 bits per heavy atom. The molecule has 0 aliphatic heterocycles. The van der Waals surface area contributed by atoms with Crippen molar-refractivity contribution in [2.24, 2.45) is 0 Å². The molecular weight excluding hydrogens is 326 g/mol. The lowest BCUT2D eigenvalue weighted by molar-refractivity contribution is 0.102. The zero-order valence-corrected chi connectivity index (χ0v) is 14.7. The monoisotopic (exact) mass is 345 g/mol. The Morgan fingerprint density at radius 1 is 1.00 bits per heavy atom. The van der Waals surface area contributed by atoms with Gasteiger partial charge in [0.15, 0.2) is 0 Å². The summed E-state index contributed by atoms with van der Waals surface area (Å²) in [5, 5.41) is 5.04. The lowest BCUT2D eigenvalue weighted by atomic mass is 10.1. The zero-order chi connectivity index (χ0) is 18.1. The quantitative estimate of drug-likeness (QED) is 0.528. The van der Waals surface area contributed by atoms with Gasteiger partial charge in [-0.05, 0) is 55.8 Å². The van der Waals surface area contributed by atoms with Crippen LogP contribution in [0.25, 0.3) is 21.9 Å². The molecule has 4 rings (SSSR count). The van der Waals surface area contributed by atoms with Gasteiger partial charge in [-0.2, -0.15) is 0 Å². The molecular formula is C22H19NO3. The zero-order valence-electron chi connectivity index (χ0n) is 14.7. The Balaban J connectivity index is 1.61. The molecule has 0 aliphatic rings. The van der Waals surface area contributed by atoms with Crippen LogP contribution in [-0.2, 0) is 0 Å². The van der Waals surface area contributed by atoms with E-state index in [-0.39, 0.29) is 5.91 Å². The third kappa shape index (κ3) is 2.90. The summed E-state index contributed by atoms with van der Waals surface area (Å²) < 4.78 is 11.4. The topological polar surface area (TPSA) is 51.5 Å². The smallest absolute Gasteiger partial charge is 0.255 e. The Bertz CT molecular complexity index is 1110. The highest BCUT2D eigenvalue weighted by Crippen LogP contribution is 2.30. The first-order valence-electron chi connectivity index (χ1n) is 8.62. The summed E-state index contributed by atoms with van der Waals surface area (Å²) in [6.07, 6.45) is 0. The second-order valence-electron chi connectivity index (χ2n) is 6.18. The SMILES string of the molecule is CCOc1ccc(C(=O)Nc2ccc3c(c2)oc2ccccc23)cc1C. The first-order chi connectivity index (χ1) is 12.7. The molecule has 26 heavy (non-hydrogen) atoms. The van der Waals surface area contributed by atoms with E-state index in [1.165, 1.54) is 0 Å². The predicted molar refractivity (Wildman–Crippen MR) is 104 cm³/mol. The fourth-order valence-corrected chi connectivity index (χ4v) is 3.12.